The second-order valence-electron chi connectivity index (χ2n) is 3.15. The van der Waals surface area contributed by atoms with Crippen LogP contribution in [0.25, 0.3) is 5.13 Å². The zero-order valence-corrected chi connectivity index (χ0v) is 10.2. The van der Waals surface area contributed by atoms with Gasteiger partial charge in [0.25, 0.3) is 0 Å². The molecule has 0 saturated heterocycles. The largest absolute Gasteiger partial charge is 0.228 e. The van der Waals surface area contributed by atoms with Crippen LogP contribution in [0.4, 0.5) is 0 Å². The van der Waals surface area contributed by atoms with Crippen molar-refractivity contribution in [2.75, 3.05) is 5.75 Å². The molecule has 0 aliphatic heterocycles. The summed E-state index contributed by atoms with van der Waals surface area (Å²) in [6, 6.07) is 0. The van der Waals surface area contributed by atoms with E-state index in [0.29, 0.717) is 10.8 Å². The number of nitrogens with zero attached hydrogens (tertiary/aromatic N) is 4. The monoisotopic (exact) mass is 258 g/mol. The SMILES string of the molecule is CCS(=O)(=O)Cc1cn(-c2nccs2)nn1. The minimum absolute atomic E-state index is 0.0745. The van der Waals surface area contributed by atoms with Crippen LogP contribution in [0, 0.1) is 0 Å². The molecule has 0 aromatic carbocycles. The third-order valence-corrected chi connectivity index (χ3v) is 4.34. The molecule has 0 radical (unpaired) electrons. The summed E-state index contributed by atoms with van der Waals surface area (Å²) in [5.41, 5.74) is 0.442. The average molecular weight is 258 g/mol. The molecule has 0 atom stereocenters. The molecule has 0 aliphatic rings. The van der Waals surface area contributed by atoms with E-state index in [2.05, 4.69) is 15.3 Å². The fraction of sp³-hybridized carbons (Fsp3) is 0.375. The van der Waals surface area contributed by atoms with Gasteiger partial charge in [0.2, 0.25) is 5.13 Å². The van der Waals surface area contributed by atoms with Crippen LogP contribution < -0.4 is 0 Å². The van der Waals surface area contributed by atoms with Gasteiger partial charge in [-0.05, 0) is 0 Å². The third kappa shape index (κ3) is 2.45. The van der Waals surface area contributed by atoms with Crippen LogP contribution >= 0.6 is 11.3 Å². The van der Waals surface area contributed by atoms with Gasteiger partial charge in [-0.1, -0.05) is 12.1 Å². The molecule has 0 bridgehead atoms. The van der Waals surface area contributed by atoms with Crippen molar-refractivity contribution in [3.63, 3.8) is 0 Å². The molecule has 0 fully saturated rings. The second kappa shape index (κ2) is 4.30. The van der Waals surface area contributed by atoms with E-state index in [1.54, 1.807) is 19.3 Å². The molecule has 2 aromatic heterocycles. The number of aromatic nitrogens is 4. The highest BCUT2D eigenvalue weighted by Gasteiger charge is 2.13. The highest BCUT2D eigenvalue weighted by Crippen LogP contribution is 2.10. The Hall–Kier alpha value is -1.28. The Kier molecular flexibility index (Phi) is 3.01. The van der Waals surface area contributed by atoms with Gasteiger partial charge in [0.05, 0.1) is 17.6 Å². The molecule has 2 rings (SSSR count). The van der Waals surface area contributed by atoms with Gasteiger partial charge in [0.1, 0.15) is 0 Å². The van der Waals surface area contributed by atoms with Gasteiger partial charge in [-0.3, -0.25) is 0 Å². The molecule has 2 aromatic rings. The molecule has 0 aliphatic carbocycles. The van der Waals surface area contributed by atoms with Crippen LogP contribution in [-0.4, -0.2) is 34.1 Å². The minimum atomic E-state index is -3.06. The Labute approximate surface area is 96.9 Å². The van der Waals surface area contributed by atoms with Crippen molar-refractivity contribution >= 4 is 21.2 Å². The van der Waals surface area contributed by atoms with Crippen molar-refractivity contribution < 1.29 is 8.42 Å². The topological polar surface area (TPSA) is 77.7 Å². The van der Waals surface area contributed by atoms with Crippen LogP contribution in [0.2, 0.25) is 0 Å². The number of thiazole rings is 1. The van der Waals surface area contributed by atoms with Crippen molar-refractivity contribution in [2.24, 2.45) is 0 Å². The molecular formula is C8H10N4O2S2. The predicted octanol–water partition coefficient (Wildman–Crippen LogP) is 0.659. The molecule has 16 heavy (non-hydrogen) atoms. The lowest BCUT2D eigenvalue weighted by molar-refractivity contribution is 0.595. The second-order valence-corrected chi connectivity index (χ2v) is 6.37. The smallest absolute Gasteiger partial charge is 0.211 e. The molecule has 0 unspecified atom stereocenters. The summed E-state index contributed by atoms with van der Waals surface area (Å²) in [5.74, 6) is 0.0337. The zero-order chi connectivity index (χ0) is 11.6. The van der Waals surface area contributed by atoms with Gasteiger partial charge in [-0.25, -0.2) is 13.4 Å². The van der Waals surface area contributed by atoms with Crippen LogP contribution in [-0.2, 0) is 15.6 Å². The van der Waals surface area contributed by atoms with Gasteiger partial charge < -0.3 is 0 Å². The van der Waals surface area contributed by atoms with Gasteiger partial charge >= 0.3 is 0 Å². The highest BCUT2D eigenvalue weighted by atomic mass is 32.2. The van der Waals surface area contributed by atoms with E-state index >= 15 is 0 Å². The molecular weight excluding hydrogens is 248 g/mol. The maximum Gasteiger partial charge on any atom is 0.211 e. The van der Waals surface area contributed by atoms with E-state index in [4.69, 9.17) is 0 Å². The van der Waals surface area contributed by atoms with Crippen LogP contribution in [0.3, 0.4) is 0 Å². The lowest BCUT2D eigenvalue weighted by atomic mass is 10.6. The van der Waals surface area contributed by atoms with Gasteiger partial charge in [-0.15, -0.1) is 16.4 Å². The quantitative estimate of drug-likeness (QED) is 0.805. The summed E-state index contributed by atoms with van der Waals surface area (Å²) in [4.78, 5) is 4.05. The predicted molar refractivity (Wildman–Crippen MR) is 60.2 cm³/mol. The lowest BCUT2D eigenvalue weighted by Crippen LogP contribution is -2.06. The van der Waals surface area contributed by atoms with E-state index < -0.39 is 9.84 Å². The van der Waals surface area contributed by atoms with Crippen molar-refractivity contribution in [1.82, 2.24) is 20.0 Å². The molecule has 2 heterocycles. The summed E-state index contributed by atoms with van der Waals surface area (Å²) >= 11 is 1.41. The Balaban J connectivity index is 2.21. The maximum atomic E-state index is 11.4. The Morgan fingerprint density at radius 2 is 2.31 bits per heavy atom. The lowest BCUT2D eigenvalue weighted by Gasteiger charge is -1.95. The van der Waals surface area contributed by atoms with Crippen molar-refractivity contribution in [3.8, 4) is 5.13 Å². The molecule has 8 heteroatoms. The van der Waals surface area contributed by atoms with Crippen molar-refractivity contribution in [3.05, 3.63) is 23.5 Å². The molecule has 0 saturated carbocycles. The Morgan fingerprint density at radius 1 is 1.50 bits per heavy atom. The Bertz CT molecular complexity index is 559. The molecule has 0 N–H and O–H groups in total. The summed E-state index contributed by atoms with van der Waals surface area (Å²) in [5, 5.41) is 10.1. The van der Waals surface area contributed by atoms with Gasteiger partial charge in [0, 0.05) is 17.3 Å². The van der Waals surface area contributed by atoms with Crippen LogP contribution in [0.5, 0.6) is 0 Å². The number of hydrogen-bond acceptors (Lipinski definition) is 6. The number of hydrogen-bond donors (Lipinski definition) is 0. The van der Waals surface area contributed by atoms with Crippen molar-refractivity contribution in [1.29, 1.82) is 0 Å². The fourth-order valence-electron chi connectivity index (χ4n) is 1.11. The molecule has 0 amide bonds. The Morgan fingerprint density at radius 3 is 2.94 bits per heavy atom. The van der Waals surface area contributed by atoms with Gasteiger partial charge in [-0.2, -0.15) is 4.68 Å². The molecule has 0 spiro atoms. The standard InChI is InChI=1S/C8H10N4O2S2/c1-2-16(13,14)6-7-5-12(11-10-7)8-9-3-4-15-8/h3-5H,2,6H2,1H3. The van der Waals surface area contributed by atoms with Crippen LogP contribution in [0.1, 0.15) is 12.6 Å². The van der Waals surface area contributed by atoms with E-state index in [9.17, 15) is 8.42 Å². The minimum Gasteiger partial charge on any atom is -0.228 e. The van der Waals surface area contributed by atoms with E-state index in [1.165, 1.54) is 16.0 Å². The summed E-state index contributed by atoms with van der Waals surface area (Å²) < 4.78 is 24.2. The first-order valence-corrected chi connectivity index (χ1v) is 7.32. The first-order chi connectivity index (χ1) is 7.61. The summed E-state index contributed by atoms with van der Waals surface area (Å²) in [6.45, 7) is 1.61. The van der Waals surface area contributed by atoms with E-state index in [0.717, 1.165) is 0 Å². The van der Waals surface area contributed by atoms with Crippen molar-refractivity contribution in [2.45, 2.75) is 12.7 Å². The van der Waals surface area contributed by atoms with E-state index in [1.807, 2.05) is 5.38 Å². The summed E-state index contributed by atoms with van der Waals surface area (Å²) in [7, 11) is -3.06. The first-order valence-electron chi connectivity index (χ1n) is 4.62. The number of rotatable bonds is 4. The maximum absolute atomic E-state index is 11.4. The number of sulfone groups is 1. The highest BCUT2D eigenvalue weighted by molar-refractivity contribution is 7.90. The molecule has 6 nitrogen and oxygen atoms in total. The zero-order valence-electron chi connectivity index (χ0n) is 8.57. The normalized spacial score (nSPS) is 11.8. The van der Waals surface area contributed by atoms with Crippen LogP contribution in [0.15, 0.2) is 17.8 Å². The van der Waals surface area contributed by atoms with Gasteiger partial charge in [0.15, 0.2) is 9.84 Å². The van der Waals surface area contributed by atoms with E-state index in [-0.39, 0.29) is 11.5 Å². The first kappa shape index (κ1) is 11.2. The summed E-state index contributed by atoms with van der Waals surface area (Å²) in [6.07, 6.45) is 3.25. The average Bonchev–Trinajstić information content (AvgIpc) is 2.86. The molecule has 86 valence electrons. The fourth-order valence-corrected chi connectivity index (χ4v) is 2.46. The third-order valence-electron chi connectivity index (χ3n) is 1.96.